The Morgan fingerprint density at radius 2 is 2.11 bits per heavy atom. The van der Waals surface area contributed by atoms with Crippen molar-refractivity contribution in [2.24, 2.45) is 12.5 Å². The number of aliphatic carboxylic acids is 1. The molecule has 1 aromatic rings. The Balaban J connectivity index is 2.00. The predicted octanol–water partition coefficient (Wildman–Crippen LogP) is 1.67. The number of carboxylic acids is 1. The maximum Gasteiger partial charge on any atom is 0.309 e. The second-order valence-electron chi connectivity index (χ2n) is 5.53. The minimum Gasteiger partial charge on any atom is -0.481 e. The number of nitrogens with zero attached hydrogens (tertiary/aromatic N) is 3. The van der Waals surface area contributed by atoms with Crippen molar-refractivity contribution >= 4 is 5.97 Å². The minimum atomic E-state index is -0.670. The van der Waals surface area contributed by atoms with Crippen molar-refractivity contribution in [2.75, 3.05) is 13.1 Å². The fraction of sp³-hybridized carbons (Fsp3) is 0.692. The first kappa shape index (κ1) is 13.1. The van der Waals surface area contributed by atoms with Gasteiger partial charge in [0.1, 0.15) is 0 Å². The second-order valence-corrected chi connectivity index (χ2v) is 5.53. The summed E-state index contributed by atoms with van der Waals surface area (Å²) in [6.07, 6.45) is 5.34. The molecule has 1 atom stereocenters. The van der Waals surface area contributed by atoms with E-state index in [1.54, 1.807) is 4.68 Å². The van der Waals surface area contributed by atoms with Crippen molar-refractivity contribution in [1.29, 1.82) is 0 Å². The molecule has 0 radical (unpaired) electrons. The average molecular weight is 251 g/mol. The van der Waals surface area contributed by atoms with E-state index in [4.69, 9.17) is 0 Å². The van der Waals surface area contributed by atoms with Crippen LogP contribution in [0.25, 0.3) is 0 Å². The van der Waals surface area contributed by atoms with Gasteiger partial charge < -0.3 is 5.11 Å². The van der Waals surface area contributed by atoms with E-state index >= 15 is 0 Å². The largest absolute Gasteiger partial charge is 0.481 e. The van der Waals surface area contributed by atoms with E-state index < -0.39 is 11.4 Å². The molecule has 0 aliphatic carbocycles. The quantitative estimate of drug-likeness (QED) is 0.887. The number of carbonyl (C=O) groups is 1. The van der Waals surface area contributed by atoms with Crippen LogP contribution in [0.5, 0.6) is 0 Å². The Labute approximate surface area is 107 Å². The highest BCUT2D eigenvalue weighted by Crippen LogP contribution is 2.34. The SMILES string of the molecule is CC(c1cnn(C)c1)N1CCC(C)(C(=O)O)CC1. The van der Waals surface area contributed by atoms with E-state index in [9.17, 15) is 9.90 Å². The molecule has 1 aliphatic heterocycles. The van der Waals surface area contributed by atoms with E-state index in [1.165, 1.54) is 5.56 Å². The maximum atomic E-state index is 11.2. The molecule has 0 bridgehead atoms. The molecular formula is C13H21N3O2. The van der Waals surface area contributed by atoms with Gasteiger partial charge in [0, 0.05) is 24.8 Å². The second kappa shape index (κ2) is 4.72. The zero-order chi connectivity index (χ0) is 13.3. The molecule has 1 aromatic heterocycles. The van der Waals surface area contributed by atoms with Crippen LogP contribution in [0.15, 0.2) is 12.4 Å². The lowest BCUT2D eigenvalue weighted by molar-refractivity contribution is -0.151. The van der Waals surface area contributed by atoms with Crippen molar-refractivity contribution in [3.8, 4) is 0 Å². The van der Waals surface area contributed by atoms with Gasteiger partial charge in [-0.25, -0.2) is 0 Å². The Hall–Kier alpha value is -1.36. The van der Waals surface area contributed by atoms with Crippen LogP contribution in [0, 0.1) is 5.41 Å². The predicted molar refractivity (Wildman–Crippen MR) is 68.2 cm³/mol. The van der Waals surface area contributed by atoms with Crippen LogP contribution in [-0.2, 0) is 11.8 Å². The van der Waals surface area contributed by atoms with Gasteiger partial charge >= 0.3 is 5.97 Å². The summed E-state index contributed by atoms with van der Waals surface area (Å²) in [7, 11) is 1.91. The number of hydrogen-bond acceptors (Lipinski definition) is 3. The molecule has 100 valence electrons. The van der Waals surface area contributed by atoms with Crippen molar-refractivity contribution < 1.29 is 9.90 Å². The zero-order valence-corrected chi connectivity index (χ0v) is 11.3. The van der Waals surface area contributed by atoms with Crippen LogP contribution in [0.1, 0.15) is 38.3 Å². The summed E-state index contributed by atoms with van der Waals surface area (Å²) in [5, 5.41) is 13.4. The molecule has 1 N–H and O–H groups in total. The lowest BCUT2D eigenvalue weighted by atomic mass is 9.80. The van der Waals surface area contributed by atoms with Crippen molar-refractivity contribution in [2.45, 2.75) is 32.7 Å². The molecule has 5 heteroatoms. The van der Waals surface area contributed by atoms with Gasteiger partial charge in [0.2, 0.25) is 0 Å². The molecule has 1 unspecified atom stereocenters. The normalized spacial score (nSPS) is 21.7. The lowest BCUT2D eigenvalue weighted by Gasteiger charge is -2.39. The number of hydrogen-bond donors (Lipinski definition) is 1. The smallest absolute Gasteiger partial charge is 0.309 e. The number of rotatable bonds is 3. The summed E-state index contributed by atoms with van der Waals surface area (Å²) in [6.45, 7) is 5.67. The number of piperidine rings is 1. The van der Waals surface area contributed by atoms with Gasteiger partial charge in [-0.05, 0) is 39.8 Å². The Kier molecular flexibility index (Phi) is 3.43. The van der Waals surface area contributed by atoms with E-state index in [0.717, 1.165) is 13.1 Å². The molecule has 0 aromatic carbocycles. The summed E-state index contributed by atoms with van der Waals surface area (Å²) in [4.78, 5) is 13.5. The molecule has 18 heavy (non-hydrogen) atoms. The Morgan fingerprint density at radius 1 is 1.50 bits per heavy atom. The first-order chi connectivity index (χ1) is 8.42. The standard InChI is InChI=1S/C13H21N3O2/c1-10(11-8-14-15(3)9-11)16-6-4-13(2,5-7-16)12(17)18/h8-10H,4-7H2,1-3H3,(H,17,18). The summed E-state index contributed by atoms with van der Waals surface area (Å²) in [6, 6.07) is 0.303. The number of aryl methyl sites for hydroxylation is 1. The third-order valence-electron chi connectivity index (χ3n) is 4.17. The molecule has 0 spiro atoms. The Morgan fingerprint density at radius 3 is 2.56 bits per heavy atom. The minimum absolute atomic E-state index is 0.303. The zero-order valence-electron chi connectivity index (χ0n) is 11.3. The third kappa shape index (κ3) is 2.41. The van der Waals surface area contributed by atoms with E-state index in [1.807, 2.05) is 26.4 Å². The lowest BCUT2D eigenvalue weighted by Crippen LogP contribution is -2.43. The first-order valence-electron chi connectivity index (χ1n) is 6.38. The molecule has 5 nitrogen and oxygen atoms in total. The van der Waals surface area contributed by atoms with Gasteiger partial charge in [0.25, 0.3) is 0 Å². The van der Waals surface area contributed by atoms with Crippen LogP contribution >= 0.6 is 0 Å². The highest BCUT2D eigenvalue weighted by Gasteiger charge is 2.38. The molecule has 1 aliphatic rings. The summed E-state index contributed by atoms with van der Waals surface area (Å²) < 4.78 is 1.80. The Bertz CT molecular complexity index is 433. The fourth-order valence-corrected chi connectivity index (χ4v) is 2.49. The van der Waals surface area contributed by atoms with Crippen molar-refractivity contribution in [1.82, 2.24) is 14.7 Å². The molecule has 0 amide bonds. The van der Waals surface area contributed by atoms with Gasteiger partial charge in [-0.2, -0.15) is 5.10 Å². The van der Waals surface area contributed by atoms with Crippen LogP contribution < -0.4 is 0 Å². The van der Waals surface area contributed by atoms with Gasteiger partial charge in [-0.3, -0.25) is 14.4 Å². The average Bonchev–Trinajstić information content (AvgIpc) is 2.76. The molecule has 0 saturated carbocycles. The highest BCUT2D eigenvalue weighted by molar-refractivity contribution is 5.74. The van der Waals surface area contributed by atoms with Gasteiger partial charge in [0.05, 0.1) is 11.6 Å². The van der Waals surface area contributed by atoms with Gasteiger partial charge in [-0.1, -0.05) is 0 Å². The van der Waals surface area contributed by atoms with Gasteiger partial charge in [-0.15, -0.1) is 0 Å². The fourth-order valence-electron chi connectivity index (χ4n) is 2.49. The maximum absolute atomic E-state index is 11.2. The summed E-state index contributed by atoms with van der Waals surface area (Å²) in [5.41, 5.74) is 0.641. The van der Waals surface area contributed by atoms with E-state index in [0.29, 0.717) is 18.9 Å². The van der Waals surface area contributed by atoms with Gasteiger partial charge in [0.15, 0.2) is 0 Å². The van der Waals surface area contributed by atoms with Crippen LogP contribution in [0.2, 0.25) is 0 Å². The van der Waals surface area contributed by atoms with Crippen molar-refractivity contribution in [3.05, 3.63) is 18.0 Å². The van der Waals surface area contributed by atoms with E-state index in [-0.39, 0.29) is 0 Å². The molecular weight excluding hydrogens is 230 g/mol. The molecule has 2 heterocycles. The highest BCUT2D eigenvalue weighted by atomic mass is 16.4. The number of aromatic nitrogens is 2. The van der Waals surface area contributed by atoms with Crippen LogP contribution in [0.4, 0.5) is 0 Å². The molecule has 2 rings (SSSR count). The molecule has 1 saturated heterocycles. The molecule has 1 fully saturated rings. The number of carboxylic acid groups (broad SMARTS) is 1. The van der Waals surface area contributed by atoms with Crippen LogP contribution in [0.3, 0.4) is 0 Å². The topological polar surface area (TPSA) is 58.4 Å². The summed E-state index contributed by atoms with van der Waals surface area (Å²) in [5.74, 6) is -0.670. The first-order valence-corrected chi connectivity index (χ1v) is 6.38. The van der Waals surface area contributed by atoms with Crippen LogP contribution in [-0.4, -0.2) is 38.8 Å². The van der Waals surface area contributed by atoms with Crippen molar-refractivity contribution in [3.63, 3.8) is 0 Å². The number of likely N-dealkylation sites (tertiary alicyclic amines) is 1. The monoisotopic (exact) mass is 251 g/mol. The third-order valence-corrected chi connectivity index (χ3v) is 4.17. The van der Waals surface area contributed by atoms with E-state index in [2.05, 4.69) is 16.9 Å². The summed E-state index contributed by atoms with van der Waals surface area (Å²) >= 11 is 0.